The van der Waals surface area contributed by atoms with Crippen LogP contribution in [0.1, 0.15) is 0 Å². The van der Waals surface area contributed by atoms with Crippen molar-refractivity contribution in [3.63, 3.8) is 0 Å². The number of hydrogen-bond acceptors (Lipinski definition) is 6. The highest BCUT2D eigenvalue weighted by atomic mass is 35.5. The third kappa shape index (κ3) is 5.81. The van der Waals surface area contributed by atoms with Gasteiger partial charge in [-0.25, -0.2) is 4.79 Å². The summed E-state index contributed by atoms with van der Waals surface area (Å²) in [5.41, 5.74) is -0.0645. The number of esters is 1. The summed E-state index contributed by atoms with van der Waals surface area (Å²) in [6.45, 7) is -0.263. The predicted octanol–water partition coefficient (Wildman–Crippen LogP) is 3.90. The lowest BCUT2D eigenvalue weighted by atomic mass is 10.3. The van der Waals surface area contributed by atoms with Crippen molar-refractivity contribution in [3.05, 3.63) is 62.6 Å². The largest absolute Gasteiger partial charge is 0.487 e. The summed E-state index contributed by atoms with van der Waals surface area (Å²) < 4.78 is 15.5. The monoisotopic (exact) mass is 385 g/mol. The lowest BCUT2D eigenvalue weighted by Gasteiger charge is -2.10. The fraction of sp³-hybridized carbons (Fsp3) is 0.188. The highest BCUT2D eigenvalue weighted by Gasteiger charge is 2.09. The van der Waals surface area contributed by atoms with Gasteiger partial charge in [0.1, 0.15) is 19.0 Å². The van der Waals surface area contributed by atoms with Crippen molar-refractivity contribution in [1.29, 1.82) is 0 Å². The van der Waals surface area contributed by atoms with Crippen LogP contribution in [0.15, 0.2) is 42.5 Å². The molecule has 0 heterocycles. The number of non-ortho nitro benzene ring substituents is 1. The number of rotatable bonds is 8. The SMILES string of the molecule is O=C(COc1ccc([N+](=O)[O-])cc1)OCCOc1c(Cl)cccc1Cl. The van der Waals surface area contributed by atoms with Gasteiger partial charge in [-0.2, -0.15) is 0 Å². The maximum absolute atomic E-state index is 11.6. The number of para-hydroxylation sites is 1. The first kappa shape index (κ1) is 18.8. The number of carbonyl (C=O) groups excluding carboxylic acids is 1. The van der Waals surface area contributed by atoms with E-state index in [2.05, 4.69) is 0 Å². The van der Waals surface area contributed by atoms with Gasteiger partial charge in [0, 0.05) is 12.1 Å². The second kappa shape index (κ2) is 9.10. The van der Waals surface area contributed by atoms with E-state index >= 15 is 0 Å². The minimum Gasteiger partial charge on any atom is -0.487 e. The number of hydrogen-bond donors (Lipinski definition) is 0. The molecule has 0 aliphatic carbocycles. The predicted molar refractivity (Wildman–Crippen MR) is 91.5 cm³/mol. The first-order chi connectivity index (χ1) is 12.0. The molecule has 0 fully saturated rings. The number of halogens is 2. The third-order valence-corrected chi connectivity index (χ3v) is 3.51. The summed E-state index contributed by atoms with van der Waals surface area (Å²) in [6.07, 6.45) is 0. The summed E-state index contributed by atoms with van der Waals surface area (Å²) in [5, 5.41) is 11.3. The zero-order valence-corrected chi connectivity index (χ0v) is 14.3. The third-order valence-electron chi connectivity index (χ3n) is 2.92. The normalized spacial score (nSPS) is 10.2. The Hall–Kier alpha value is -2.51. The Balaban J connectivity index is 1.69. The Bertz CT molecular complexity index is 731. The van der Waals surface area contributed by atoms with E-state index in [9.17, 15) is 14.9 Å². The van der Waals surface area contributed by atoms with Gasteiger partial charge in [0.25, 0.3) is 5.69 Å². The number of ether oxygens (including phenoxy) is 3. The molecule has 2 rings (SSSR count). The summed E-state index contributed by atoms with van der Waals surface area (Å²) in [7, 11) is 0. The average Bonchev–Trinajstić information content (AvgIpc) is 2.59. The van der Waals surface area contributed by atoms with Crippen molar-refractivity contribution < 1.29 is 23.9 Å². The Labute approximate surface area is 153 Å². The molecule has 0 spiro atoms. The molecular weight excluding hydrogens is 373 g/mol. The van der Waals surface area contributed by atoms with Crippen molar-refractivity contribution in [2.75, 3.05) is 19.8 Å². The average molecular weight is 386 g/mol. The smallest absolute Gasteiger partial charge is 0.344 e. The van der Waals surface area contributed by atoms with Crippen LogP contribution in [0.4, 0.5) is 5.69 Å². The number of carbonyl (C=O) groups is 1. The van der Waals surface area contributed by atoms with Crippen molar-refractivity contribution in [1.82, 2.24) is 0 Å². The molecule has 0 saturated heterocycles. The fourth-order valence-corrected chi connectivity index (χ4v) is 2.27. The molecule has 132 valence electrons. The quantitative estimate of drug-likeness (QED) is 0.296. The fourth-order valence-electron chi connectivity index (χ4n) is 1.77. The van der Waals surface area contributed by atoms with Gasteiger partial charge in [-0.3, -0.25) is 10.1 Å². The van der Waals surface area contributed by atoms with Crippen molar-refractivity contribution in [2.45, 2.75) is 0 Å². The zero-order valence-electron chi connectivity index (χ0n) is 12.8. The minimum absolute atomic E-state index is 0.00991. The molecule has 2 aromatic carbocycles. The molecular formula is C16H13Cl2NO6. The van der Waals surface area contributed by atoms with Crippen molar-refractivity contribution in [3.8, 4) is 11.5 Å². The summed E-state index contributed by atoms with van der Waals surface area (Å²) in [4.78, 5) is 21.6. The molecule has 7 nitrogen and oxygen atoms in total. The van der Waals surface area contributed by atoms with E-state index < -0.39 is 10.9 Å². The van der Waals surface area contributed by atoms with Crippen LogP contribution < -0.4 is 9.47 Å². The number of nitrogens with zero attached hydrogens (tertiary/aromatic N) is 1. The molecule has 9 heteroatoms. The molecule has 0 radical (unpaired) electrons. The van der Waals surface area contributed by atoms with Gasteiger partial charge >= 0.3 is 5.97 Å². The van der Waals surface area contributed by atoms with Crippen LogP contribution >= 0.6 is 23.2 Å². The molecule has 0 aliphatic heterocycles. The second-order valence-corrected chi connectivity index (χ2v) is 5.47. The van der Waals surface area contributed by atoms with Crippen molar-refractivity contribution >= 4 is 34.9 Å². The Morgan fingerprint density at radius 3 is 2.24 bits per heavy atom. The van der Waals surface area contributed by atoms with E-state index in [4.69, 9.17) is 37.4 Å². The number of nitro benzene ring substituents is 1. The van der Waals surface area contributed by atoms with Crippen LogP contribution in [-0.4, -0.2) is 30.7 Å². The maximum atomic E-state index is 11.6. The van der Waals surface area contributed by atoms with Crippen LogP contribution in [0.5, 0.6) is 11.5 Å². The molecule has 0 aliphatic rings. The van der Waals surface area contributed by atoms with Gasteiger partial charge in [0.2, 0.25) is 0 Å². The van der Waals surface area contributed by atoms with Crippen LogP contribution in [0.2, 0.25) is 10.0 Å². The van der Waals surface area contributed by atoms with E-state index in [0.717, 1.165) is 0 Å². The van der Waals surface area contributed by atoms with Gasteiger partial charge in [-0.1, -0.05) is 29.3 Å². The van der Waals surface area contributed by atoms with E-state index in [1.165, 1.54) is 24.3 Å². The van der Waals surface area contributed by atoms with E-state index in [-0.39, 0.29) is 25.5 Å². The molecule has 0 N–H and O–H groups in total. The first-order valence-corrected chi connectivity index (χ1v) is 7.82. The molecule has 0 aromatic heterocycles. The lowest BCUT2D eigenvalue weighted by Crippen LogP contribution is -2.18. The molecule has 0 atom stereocenters. The first-order valence-electron chi connectivity index (χ1n) is 7.07. The number of nitro groups is 1. The number of benzene rings is 2. The van der Waals surface area contributed by atoms with Crippen LogP contribution in [0.25, 0.3) is 0 Å². The van der Waals surface area contributed by atoms with Crippen LogP contribution in [-0.2, 0) is 9.53 Å². The van der Waals surface area contributed by atoms with E-state index in [0.29, 0.717) is 21.5 Å². The zero-order chi connectivity index (χ0) is 18.2. The Morgan fingerprint density at radius 1 is 1.00 bits per heavy atom. The molecule has 2 aromatic rings. The Kier molecular flexibility index (Phi) is 6.85. The minimum atomic E-state index is -0.604. The standard InChI is InChI=1S/C16H13Cl2NO6/c17-13-2-1-3-14(18)16(13)24-9-8-23-15(20)10-25-12-6-4-11(5-7-12)19(21)22/h1-7H,8-10H2. The van der Waals surface area contributed by atoms with Crippen LogP contribution in [0, 0.1) is 10.1 Å². The lowest BCUT2D eigenvalue weighted by molar-refractivity contribution is -0.384. The highest BCUT2D eigenvalue weighted by molar-refractivity contribution is 6.37. The van der Waals surface area contributed by atoms with Crippen molar-refractivity contribution in [2.24, 2.45) is 0 Å². The molecule has 25 heavy (non-hydrogen) atoms. The summed E-state index contributed by atoms with van der Waals surface area (Å²) in [5.74, 6) is 0.0397. The molecule has 0 unspecified atom stereocenters. The van der Waals surface area contributed by atoms with Crippen LogP contribution in [0.3, 0.4) is 0 Å². The Morgan fingerprint density at radius 2 is 1.64 bits per heavy atom. The van der Waals surface area contributed by atoms with E-state index in [1.54, 1.807) is 18.2 Å². The van der Waals surface area contributed by atoms with Gasteiger partial charge in [-0.05, 0) is 24.3 Å². The summed E-state index contributed by atoms with van der Waals surface area (Å²) >= 11 is 11.9. The van der Waals surface area contributed by atoms with Gasteiger partial charge in [-0.15, -0.1) is 0 Å². The topological polar surface area (TPSA) is 87.9 Å². The van der Waals surface area contributed by atoms with Gasteiger partial charge in [0.05, 0.1) is 15.0 Å². The molecule has 0 saturated carbocycles. The highest BCUT2D eigenvalue weighted by Crippen LogP contribution is 2.32. The second-order valence-electron chi connectivity index (χ2n) is 4.66. The van der Waals surface area contributed by atoms with Gasteiger partial charge in [0.15, 0.2) is 12.4 Å². The van der Waals surface area contributed by atoms with E-state index in [1.807, 2.05) is 0 Å². The summed E-state index contributed by atoms with van der Waals surface area (Å²) in [6, 6.07) is 10.3. The maximum Gasteiger partial charge on any atom is 0.344 e. The molecule has 0 bridgehead atoms. The molecule has 0 amide bonds. The van der Waals surface area contributed by atoms with Gasteiger partial charge < -0.3 is 14.2 Å².